The fourth-order valence-electron chi connectivity index (χ4n) is 2.02. The summed E-state index contributed by atoms with van der Waals surface area (Å²) in [6, 6.07) is 0.764. The number of nitrogens with zero attached hydrogens (tertiary/aromatic N) is 1. The quantitative estimate of drug-likeness (QED) is 0.675. The van der Waals surface area contributed by atoms with Crippen LogP contribution in [0.5, 0.6) is 0 Å². The molecule has 1 saturated carbocycles. The topological polar surface area (TPSA) is 89.3 Å². The van der Waals surface area contributed by atoms with E-state index in [0.29, 0.717) is 0 Å². The Morgan fingerprint density at radius 3 is 2.47 bits per heavy atom. The van der Waals surface area contributed by atoms with Crippen molar-refractivity contribution < 1.29 is 17.7 Å². The molecule has 1 aromatic rings. The van der Waals surface area contributed by atoms with Gasteiger partial charge >= 0.3 is 5.69 Å². The first-order valence-corrected chi connectivity index (χ1v) is 7.19. The van der Waals surface area contributed by atoms with Gasteiger partial charge in [0, 0.05) is 6.04 Å². The molecule has 1 aliphatic rings. The molecule has 1 N–H and O–H groups in total. The molecule has 0 aromatic heterocycles. The van der Waals surface area contributed by atoms with Gasteiger partial charge < -0.3 is 0 Å². The molecule has 0 saturated heterocycles. The average molecular weight is 288 g/mol. The maximum absolute atomic E-state index is 13.5. The first-order chi connectivity index (χ1) is 8.74. The number of benzene rings is 1. The molecule has 0 heterocycles. The molecule has 0 radical (unpaired) electrons. The Labute approximate surface area is 109 Å². The molecule has 19 heavy (non-hydrogen) atoms. The van der Waals surface area contributed by atoms with Gasteiger partial charge in [-0.05, 0) is 38.3 Å². The van der Waals surface area contributed by atoms with Crippen molar-refractivity contribution in [1.29, 1.82) is 0 Å². The average Bonchev–Trinajstić information content (AvgIpc) is 2.97. The minimum atomic E-state index is -3.85. The summed E-state index contributed by atoms with van der Waals surface area (Å²) in [5.74, 6) is -1.02. The van der Waals surface area contributed by atoms with Crippen LogP contribution in [0.1, 0.15) is 24.0 Å². The van der Waals surface area contributed by atoms with E-state index < -0.39 is 26.5 Å². The maximum Gasteiger partial charge on any atom is 0.309 e. The van der Waals surface area contributed by atoms with Crippen LogP contribution < -0.4 is 4.72 Å². The minimum Gasteiger partial charge on any atom is -0.258 e. The van der Waals surface area contributed by atoms with Gasteiger partial charge in [0.25, 0.3) is 0 Å². The molecular formula is C11H13FN2O4S. The van der Waals surface area contributed by atoms with Gasteiger partial charge in [-0.25, -0.2) is 13.1 Å². The predicted molar refractivity (Wildman–Crippen MR) is 65.9 cm³/mol. The highest BCUT2D eigenvalue weighted by Gasteiger charge is 2.33. The summed E-state index contributed by atoms with van der Waals surface area (Å²) in [7, 11) is -3.85. The van der Waals surface area contributed by atoms with E-state index in [4.69, 9.17) is 0 Å². The van der Waals surface area contributed by atoms with E-state index in [1.54, 1.807) is 0 Å². The lowest BCUT2D eigenvalue weighted by atomic mass is 10.1. The normalized spacial score (nSPS) is 15.5. The van der Waals surface area contributed by atoms with Crippen molar-refractivity contribution in [1.82, 2.24) is 4.72 Å². The largest absolute Gasteiger partial charge is 0.309 e. The maximum atomic E-state index is 13.5. The zero-order chi connectivity index (χ0) is 14.4. The molecule has 6 nitrogen and oxygen atoms in total. The minimum absolute atomic E-state index is 0.118. The zero-order valence-corrected chi connectivity index (χ0v) is 11.3. The molecule has 8 heteroatoms. The molecule has 104 valence electrons. The lowest BCUT2D eigenvalue weighted by Gasteiger charge is -2.12. The van der Waals surface area contributed by atoms with Crippen molar-refractivity contribution in [2.24, 2.45) is 0 Å². The Kier molecular flexibility index (Phi) is 3.31. The molecule has 0 spiro atoms. The summed E-state index contributed by atoms with van der Waals surface area (Å²) in [6.45, 7) is 2.66. The van der Waals surface area contributed by atoms with E-state index in [9.17, 15) is 22.9 Å². The molecule has 0 amide bonds. The first-order valence-electron chi connectivity index (χ1n) is 5.70. The molecule has 1 aliphatic carbocycles. The summed E-state index contributed by atoms with van der Waals surface area (Å²) in [5.41, 5.74) is -0.800. The molecule has 1 fully saturated rings. The van der Waals surface area contributed by atoms with Gasteiger partial charge in [-0.15, -0.1) is 0 Å². The Hall–Kier alpha value is -1.54. The number of hydrogen-bond donors (Lipinski definition) is 1. The summed E-state index contributed by atoms with van der Waals surface area (Å²) >= 11 is 0. The lowest BCUT2D eigenvalue weighted by molar-refractivity contribution is -0.388. The third kappa shape index (κ3) is 2.59. The molecular weight excluding hydrogens is 275 g/mol. The molecule has 0 atom stereocenters. The van der Waals surface area contributed by atoms with E-state index in [2.05, 4.69) is 4.72 Å². The Balaban J connectivity index is 2.62. The number of nitro groups is 1. The number of rotatable bonds is 4. The summed E-state index contributed by atoms with van der Waals surface area (Å²) in [6.07, 6.45) is 1.50. The van der Waals surface area contributed by atoms with Crippen LogP contribution in [0.3, 0.4) is 0 Å². The Morgan fingerprint density at radius 1 is 1.42 bits per heavy atom. The van der Waals surface area contributed by atoms with E-state index in [1.165, 1.54) is 13.8 Å². The van der Waals surface area contributed by atoms with E-state index in [-0.39, 0.29) is 22.1 Å². The summed E-state index contributed by atoms with van der Waals surface area (Å²) in [5, 5.41) is 10.8. The second-order valence-corrected chi connectivity index (χ2v) is 6.28. The number of aryl methyl sites for hydroxylation is 1. The van der Waals surface area contributed by atoms with Crippen LogP contribution >= 0.6 is 0 Å². The second kappa shape index (κ2) is 4.53. The van der Waals surface area contributed by atoms with Crippen molar-refractivity contribution in [3.8, 4) is 0 Å². The third-order valence-corrected chi connectivity index (χ3v) is 4.78. The van der Waals surface area contributed by atoms with Crippen molar-refractivity contribution in [3.05, 3.63) is 33.1 Å². The van der Waals surface area contributed by atoms with E-state index >= 15 is 0 Å². The number of hydrogen-bond acceptors (Lipinski definition) is 4. The van der Waals surface area contributed by atoms with Crippen LogP contribution in [0.2, 0.25) is 0 Å². The summed E-state index contributed by atoms with van der Waals surface area (Å²) in [4.78, 5) is 9.71. The second-order valence-electron chi connectivity index (χ2n) is 4.63. The zero-order valence-electron chi connectivity index (χ0n) is 10.4. The molecule has 1 aromatic carbocycles. The van der Waals surface area contributed by atoms with Crippen molar-refractivity contribution in [3.63, 3.8) is 0 Å². The number of nitrogens with one attached hydrogen (secondary N) is 1. The van der Waals surface area contributed by atoms with Crippen molar-refractivity contribution in [2.45, 2.75) is 37.6 Å². The number of nitro benzene ring substituents is 1. The van der Waals surface area contributed by atoms with Gasteiger partial charge in [0.1, 0.15) is 0 Å². The van der Waals surface area contributed by atoms with Gasteiger partial charge in [0.2, 0.25) is 15.8 Å². The van der Waals surface area contributed by atoms with Gasteiger partial charge in [0.15, 0.2) is 0 Å². The molecule has 0 bridgehead atoms. The van der Waals surface area contributed by atoms with Crippen LogP contribution in [0.15, 0.2) is 11.0 Å². The molecule has 0 unspecified atom stereocenters. The van der Waals surface area contributed by atoms with Gasteiger partial charge in [-0.2, -0.15) is 4.39 Å². The smallest absolute Gasteiger partial charge is 0.258 e. The SMILES string of the molecule is Cc1cc(F)c([N+](=O)[O-])c(C)c1S(=O)(=O)NC1CC1. The van der Waals surface area contributed by atoms with Crippen LogP contribution in [0, 0.1) is 29.8 Å². The number of sulfonamides is 1. The van der Waals surface area contributed by atoms with Crippen LogP contribution in [0.4, 0.5) is 10.1 Å². The van der Waals surface area contributed by atoms with Crippen molar-refractivity contribution in [2.75, 3.05) is 0 Å². The van der Waals surface area contributed by atoms with Gasteiger partial charge in [0.05, 0.1) is 15.4 Å². The number of halogens is 1. The highest BCUT2D eigenvalue weighted by atomic mass is 32.2. The predicted octanol–water partition coefficient (Wildman–Crippen LogP) is 1.79. The van der Waals surface area contributed by atoms with E-state index in [0.717, 1.165) is 18.9 Å². The molecule has 0 aliphatic heterocycles. The van der Waals surface area contributed by atoms with E-state index in [1.807, 2.05) is 0 Å². The molecule has 2 rings (SSSR count). The Morgan fingerprint density at radius 2 is 2.00 bits per heavy atom. The summed E-state index contributed by atoms with van der Waals surface area (Å²) < 4.78 is 40.3. The third-order valence-electron chi connectivity index (χ3n) is 2.97. The van der Waals surface area contributed by atoms with Gasteiger partial charge in [-0.1, -0.05) is 0 Å². The first kappa shape index (κ1) is 13.9. The highest BCUT2D eigenvalue weighted by Crippen LogP contribution is 2.32. The van der Waals surface area contributed by atoms with Gasteiger partial charge in [-0.3, -0.25) is 10.1 Å². The van der Waals surface area contributed by atoms with Crippen LogP contribution in [0.25, 0.3) is 0 Å². The fourth-order valence-corrected chi connectivity index (χ4v) is 3.80. The fraction of sp³-hybridized carbons (Fsp3) is 0.455. The Bertz CT molecular complexity index is 653. The van der Waals surface area contributed by atoms with Crippen molar-refractivity contribution >= 4 is 15.7 Å². The van der Waals surface area contributed by atoms with Crippen LogP contribution in [-0.4, -0.2) is 19.4 Å². The highest BCUT2D eigenvalue weighted by molar-refractivity contribution is 7.89. The van der Waals surface area contributed by atoms with Crippen LogP contribution in [-0.2, 0) is 10.0 Å². The standard InChI is InChI=1S/C11H13FN2O4S/c1-6-5-9(12)10(14(15)16)7(2)11(6)19(17,18)13-8-3-4-8/h5,8,13H,3-4H2,1-2H3. The monoisotopic (exact) mass is 288 g/mol. The lowest BCUT2D eigenvalue weighted by Crippen LogP contribution is -2.27.